The fourth-order valence-electron chi connectivity index (χ4n) is 2.21. The number of furan rings is 1. The lowest BCUT2D eigenvalue weighted by Gasteiger charge is -2.09. The molecule has 2 nitrogen and oxygen atoms in total. The molecular formula is C17H15BrO2. The van der Waals surface area contributed by atoms with Crippen molar-refractivity contribution in [2.45, 2.75) is 20.0 Å². The lowest BCUT2D eigenvalue weighted by atomic mass is 10.0. The van der Waals surface area contributed by atoms with Crippen LogP contribution in [0.3, 0.4) is 0 Å². The number of hydrogen-bond donors (Lipinski definition) is 0. The highest BCUT2D eigenvalue weighted by Crippen LogP contribution is 2.33. The predicted octanol–water partition coefficient (Wildman–Crippen LogP) is 5.65. The van der Waals surface area contributed by atoms with E-state index in [0.29, 0.717) is 0 Å². The van der Waals surface area contributed by atoms with Gasteiger partial charge in [0.25, 0.3) is 0 Å². The maximum atomic E-state index is 5.66. The Labute approximate surface area is 126 Å². The minimum absolute atomic E-state index is 0.187. The van der Waals surface area contributed by atoms with E-state index in [0.717, 1.165) is 32.3 Å². The SMILES string of the molecule is CC(C)Oc1ccc(-c2coc3ccc(Br)cc23)cc1. The largest absolute Gasteiger partial charge is 0.491 e. The summed E-state index contributed by atoms with van der Waals surface area (Å²) < 4.78 is 12.3. The van der Waals surface area contributed by atoms with Gasteiger partial charge in [-0.25, -0.2) is 0 Å². The lowest BCUT2D eigenvalue weighted by molar-refractivity contribution is 0.242. The molecule has 0 saturated heterocycles. The zero-order valence-corrected chi connectivity index (χ0v) is 13.0. The van der Waals surface area contributed by atoms with Crippen molar-refractivity contribution in [3.05, 3.63) is 53.2 Å². The van der Waals surface area contributed by atoms with Gasteiger partial charge in [-0.1, -0.05) is 28.1 Å². The molecule has 0 aliphatic rings. The van der Waals surface area contributed by atoms with E-state index < -0.39 is 0 Å². The van der Waals surface area contributed by atoms with E-state index in [1.54, 1.807) is 6.26 Å². The van der Waals surface area contributed by atoms with Gasteiger partial charge in [-0.2, -0.15) is 0 Å². The molecule has 0 aliphatic heterocycles. The van der Waals surface area contributed by atoms with Crippen LogP contribution in [0.15, 0.2) is 57.6 Å². The first kappa shape index (κ1) is 13.3. The Bertz CT molecular complexity index is 726. The molecule has 20 heavy (non-hydrogen) atoms. The maximum Gasteiger partial charge on any atom is 0.134 e. The molecule has 0 unspecified atom stereocenters. The Balaban J connectivity index is 2.00. The summed E-state index contributed by atoms with van der Waals surface area (Å²) >= 11 is 3.50. The molecule has 0 spiro atoms. The summed E-state index contributed by atoms with van der Waals surface area (Å²) in [6.07, 6.45) is 1.99. The van der Waals surface area contributed by atoms with E-state index >= 15 is 0 Å². The first-order valence-electron chi connectivity index (χ1n) is 6.57. The summed E-state index contributed by atoms with van der Waals surface area (Å²) in [5, 5.41) is 1.11. The molecule has 0 N–H and O–H groups in total. The highest BCUT2D eigenvalue weighted by atomic mass is 79.9. The number of halogens is 1. The Morgan fingerprint density at radius 2 is 1.80 bits per heavy atom. The Hall–Kier alpha value is -1.74. The van der Waals surface area contributed by atoms with Crippen molar-refractivity contribution in [3.63, 3.8) is 0 Å². The van der Waals surface area contributed by atoms with Crippen molar-refractivity contribution in [2.24, 2.45) is 0 Å². The van der Waals surface area contributed by atoms with Gasteiger partial charge in [0.1, 0.15) is 11.3 Å². The zero-order chi connectivity index (χ0) is 14.1. The Morgan fingerprint density at radius 3 is 2.50 bits per heavy atom. The number of benzene rings is 2. The van der Waals surface area contributed by atoms with Crippen LogP contribution in [-0.4, -0.2) is 6.10 Å². The Kier molecular flexibility index (Phi) is 3.53. The molecule has 102 valence electrons. The summed E-state index contributed by atoms with van der Waals surface area (Å²) in [5.41, 5.74) is 3.11. The molecule has 3 aromatic rings. The molecule has 0 fully saturated rings. The van der Waals surface area contributed by atoms with Crippen molar-refractivity contribution in [2.75, 3.05) is 0 Å². The van der Waals surface area contributed by atoms with Crippen LogP contribution in [0.1, 0.15) is 13.8 Å². The van der Waals surface area contributed by atoms with Gasteiger partial charge in [-0.05, 0) is 49.7 Å². The molecular weight excluding hydrogens is 316 g/mol. The fraction of sp³-hybridized carbons (Fsp3) is 0.176. The molecule has 1 heterocycles. The van der Waals surface area contributed by atoms with Crippen LogP contribution in [0, 0.1) is 0 Å². The topological polar surface area (TPSA) is 22.4 Å². The molecule has 3 rings (SSSR count). The van der Waals surface area contributed by atoms with Crippen molar-refractivity contribution < 1.29 is 9.15 Å². The van der Waals surface area contributed by atoms with Gasteiger partial charge in [0.15, 0.2) is 0 Å². The summed E-state index contributed by atoms with van der Waals surface area (Å²) in [6.45, 7) is 4.05. The molecule has 0 saturated carbocycles. The minimum atomic E-state index is 0.187. The average Bonchev–Trinajstić information content (AvgIpc) is 2.82. The third kappa shape index (κ3) is 2.59. The van der Waals surface area contributed by atoms with Gasteiger partial charge in [0.2, 0.25) is 0 Å². The number of ether oxygens (including phenoxy) is 1. The highest BCUT2D eigenvalue weighted by molar-refractivity contribution is 9.10. The van der Waals surface area contributed by atoms with Crippen LogP contribution in [0.4, 0.5) is 0 Å². The quantitative estimate of drug-likeness (QED) is 0.619. The normalized spacial score (nSPS) is 11.2. The average molecular weight is 331 g/mol. The Morgan fingerprint density at radius 1 is 1.05 bits per heavy atom. The van der Waals surface area contributed by atoms with Crippen LogP contribution in [0.2, 0.25) is 0 Å². The van der Waals surface area contributed by atoms with Crippen LogP contribution in [-0.2, 0) is 0 Å². The van der Waals surface area contributed by atoms with Gasteiger partial charge >= 0.3 is 0 Å². The molecule has 0 radical (unpaired) electrons. The van der Waals surface area contributed by atoms with Crippen LogP contribution in [0.25, 0.3) is 22.1 Å². The van der Waals surface area contributed by atoms with E-state index in [2.05, 4.69) is 34.1 Å². The molecule has 1 aromatic heterocycles. The van der Waals surface area contributed by atoms with Gasteiger partial charge in [0.05, 0.1) is 12.4 Å². The lowest BCUT2D eigenvalue weighted by Crippen LogP contribution is -2.05. The standard InChI is InChI=1S/C17H15BrO2/c1-11(2)20-14-6-3-12(4-7-14)16-10-19-17-8-5-13(18)9-15(16)17/h3-11H,1-2H3. The monoisotopic (exact) mass is 330 g/mol. The predicted molar refractivity (Wildman–Crippen MR) is 85.1 cm³/mol. The number of hydrogen-bond acceptors (Lipinski definition) is 2. The second kappa shape index (κ2) is 5.33. The molecule has 0 amide bonds. The van der Waals surface area contributed by atoms with Gasteiger partial charge in [-0.15, -0.1) is 0 Å². The first-order valence-corrected chi connectivity index (χ1v) is 7.36. The van der Waals surface area contributed by atoms with E-state index in [-0.39, 0.29) is 6.10 Å². The highest BCUT2D eigenvalue weighted by Gasteiger charge is 2.09. The molecule has 2 aromatic carbocycles. The third-order valence-electron chi connectivity index (χ3n) is 3.07. The van der Waals surface area contributed by atoms with Crippen molar-refractivity contribution in [1.82, 2.24) is 0 Å². The minimum Gasteiger partial charge on any atom is -0.491 e. The van der Waals surface area contributed by atoms with Crippen LogP contribution < -0.4 is 4.74 Å². The fourth-order valence-corrected chi connectivity index (χ4v) is 2.57. The summed E-state index contributed by atoms with van der Waals surface area (Å²) in [7, 11) is 0. The summed E-state index contributed by atoms with van der Waals surface area (Å²) in [5.74, 6) is 0.887. The summed E-state index contributed by atoms with van der Waals surface area (Å²) in [6, 6.07) is 14.1. The third-order valence-corrected chi connectivity index (χ3v) is 3.57. The number of fused-ring (bicyclic) bond motifs is 1. The van der Waals surface area contributed by atoms with E-state index in [9.17, 15) is 0 Å². The smallest absolute Gasteiger partial charge is 0.134 e. The molecule has 0 atom stereocenters. The van der Waals surface area contributed by atoms with Crippen molar-refractivity contribution in [1.29, 1.82) is 0 Å². The molecule has 3 heteroatoms. The van der Waals surface area contributed by atoms with Gasteiger partial charge in [-0.3, -0.25) is 0 Å². The van der Waals surface area contributed by atoms with Gasteiger partial charge in [0, 0.05) is 15.4 Å². The van der Waals surface area contributed by atoms with Crippen LogP contribution >= 0.6 is 15.9 Å². The van der Waals surface area contributed by atoms with E-state index in [1.807, 2.05) is 38.1 Å². The van der Waals surface area contributed by atoms with E-state index in [1.165, 1.54) is 0 Å². The molecule has 0 bridgehead atoms. The van der Waals surface area contributed by atoms with E-state index in [4.69, 9.17) is 9.15 Å². The van der Waals surface area contributed by atoms with Crippen molar-refractivity contribution >= 4 is 26.9 Å². The first-order chi connectivity index (χ1) is 9.63. The second-order valence-electron chi connectivity index (χ2n) is 4.98. The maximum absolute atomic E-state index is 5.66. The van der Waals surface area contributed by atoms with Gasteiger partial charge < -0.3 is 9.15 Å². The second-order valence-corrected chi connectivity index (χ2v) is 5.90. The van der Waals surface area contributed by atoms with Crippen LogP contribution in [0.5, 0.6) is 5.75 Å². The zero-order valence-electron chi connectivity index (χ0n) is 11.4. The molecule has 0 aliphatic carbocycles. The summed E-state index contributed by atoms with van der Waals surface area (Å²) in [4.78, 5) is 0. The number of rotatable bonds is 3. The van der Waals surface area contributed by atoms with Crippen molar-refractivity contribution in [3.8, 4) is 16.9 Å².